The van der Waals surface area contributed by atoms with Gasteiger partial charge < -0.3 is 28.1 Å². The van der Waals surface area contributed by atoms with E-state index >= 15 is 0 Å². The summed E-state index contributed by atoms with van der Waals surface area (Å²) in [5, 5.41) is 0.130. The zero-order chi connectivity index (χ0) is 26.1. The van der Waals surface area contributed by atoms with Gasteiger partial charge in [0.05, 0.1) is 12.2 Å². The summed E-state index contributed by atoms with van der Waals surface area (Å²) in [6.07, 6.45) is -1.77. The van der Waals surface area contributed by atoms with E-state index in [0.29, 0.717) is 39.0 Å². The molecule has 196 valence electrons. The molecule has 0 radical (unpaired) electrons. The molecule has 2 atom stereocenters. The van der Waals surface area contributed by atoms with Gasteiger partial charge in [-0.25, -0.2) is 14.4 Å². The molecule has 2 heterocycles. The molecule has 34 heavy (non-hydrogen) atoms. The molecule has 9 nitrogen and oxygen atoms in total. The Morgan fingerprint density at radius 2 is 1.00 bits per heavy atom. The first-order chi connectivity index (χ1) is 15.3. The van der Waals surface area contributed by atoms with Crippen LogP contribution >= 0.6 is 0 Å². The highest BCUT2D eigenvalue weighted by atomic mass is 28.4. The van der Waals surface area contributed by atoms with Crippen molar-refractivity contribution < 1.29 is 32.7 Å². The Labute approximate surface area is 206 Å². The molecular formula is C23H44N2O7Si2. The van der Waals surface area contributed by atoms with Crippen molar-refractivity contribution in [3.63, 3.8) is 0 Å². The van der Waals surface area contributed by atoms with Crippen molar-refractivity contribution in [2.75, 3.05) is 26.2 Å². The van der Waals surface area contributed by atoms with Gasteiger partial charge in [-0.1, -0.05) is 41.5 Å². The summed E-state index contributed by atoms with van der Waals surface area (Å²) in [5.74, 6) is 0. The van der Waals surface area contributed by atoms with Gasteiger partial charge in [0.15, 0.2) is 16.6 Å². The van der Waals surface area contributed by atoms with E-state index < -0.39 is 35.0 Å². The van der Waals surface area contributed by atoms with Gasteiger partial charge in [0.1, 0.15) is 0 Å². The minimum atomic E-state index is -1.96. The number of ether oxygens (including phenoxy) is 2. The summed E-state index contributed by atoms with van der Waals surface area (Å²) in [7, 11) is -3.93. The second kappa shape index (κ2) is 10.3. The first kappa shape index (κ1) is 28.8. The fraction of sp³-hybridized carbons (Fsp3) is 0.870. The van der Waals surface area contributed by atoms with Gasteiger partial charge in [0, 0.05) is 26.2 Å². The smallest absolute Gasteiger partial charge is 0.412 e. The van der Waals surface area contributed by atoms with Crippen LogP contribution in [0.25, 0.3) is 0 Å². The van der Waals surface area contributed by atoms with Crippen molar-refractivity contribution in [2.24, 2.45) is 0 Å². The Morgan fingerprint density at radius 1 is 0.676 bits per heavy atom. The Bertz CT molecular complexity index is 712. The summed E-state index contributed by atoms with van der Waals surface area (Å²) in [5.41, 5.74) is 0. The van der Waals surface area contributed by atoms with E-state index in [1.54, 1.807) is 0 Å². The van der Waals surface area contributed by atoms with Crippen LogP contribution in [0, 0.1) is 0 Å². The molecule has 2 amide bonds. The molecule has 0 bridgehead atoms. The van der Waals surface area contributed by atoms with E-state index in [1.165, 1.54) is 9.80 Å². The normalized spacial score (nSPS) is 22.2. The molecule has 2 aliphatic heterocycles. The van der Waals surface area contributed by atoms with Crippen LogP contribution in [0.4, 0.5) is 14.4 Å². The highest BCUT2D eigenvalue weighted by Gasteiger charge is 2.43. The summed E-state index contributed by atoms with van der Waals surface area (Å²) in [4.78, 5) is 39.7. The van der Waals surface area contributed by atoms with E-state index in [2.05, 4.69) is 67.7 Å². The molecule has 2 fully saturated rings. The first-order valence-electron chi connectivity index (χ1n) is 12.2. The van der Waals surface area contributed by atoms with E-state index in [9.17, 15) is 14.4 Å². The third-order valence-electron chi connectivity index (χ3n) is 7.68. The highest BCUT2D eigenvalue weighted by molar-refractivity contribution is 6.74. The van der Waals surface area contributed by atoms with Crippen LogP contribution in [-0.2, 0) is 18.3 Å². The van der Waals surface area contributed by atoms with Crippen molar-refractivity contribution in [3.8, 4) is 0 Å². The Kier molecular flexibility index (Phi) is 8.70. The van der Waals surface area contributed by atoms with Crippen molar-refractivity contribution in [2.45, 2.75) is 103 Å². The van der Waals surface area contributed by atoms with Gasteiger partial charge >= 0.3 is 18.3 Å². The molecule has 0 N–H and O–H groups in total. The summed E-state index contributed by atoms with van der Waals surface area (Å²) in [6.45, 7) is 23.2. The maximum Gasteiger partial charge on any atom is 0.526 e. The molecule has 0 aromatic heterocycles. The molecule has 0 spiro atoms. The fourth-order valence-corrected chi connectivity index (χ4v) is 6.22. The van der Waals surface area contributed by atoms with Gasteiger partial charge in [0.25, 0.3) is 0 Å². The summed E-state index contributed by atoms with van der Waals surface area (Å²) >= 11 is 0. The maximum atomic E-state index is 12.4. The lowest BCUT2D eigenvalue weighted by Crippen LogP contribution is -2.45. The zero-order valence-electron chi connectivity index (χ0n) is 22.6. The fourth-order valence-electron chi connectivity index (χ4n) is 3.46. The van der Waals surface area contributed by atoms with Crippen LogP contribution in [0.2, 0.25) is 36.3 Å². The van der Waals surface area contributed by atoms with Gasteiger partial charge in [-0.15, -0.1) is 0 Å². The van der Waals surface area contributed by atoms with Crippen LogP contribution in [-0.4, -0.2) is 83.2 Å². The number of carbonyl (C=O) groups excluding carboxylic acids is 3. The Balaban J connectivity index is 1.79. The molecule has 0 aromatic rings. The Morgan fingerprint density at radius 3 is 1.29 bits per heavy atom. The number of likely N-dealkylation sites (tertiary alicyclic amines) is 2. The van der Waals surface area contributed by atoms with E-state index in [-0.39, 0.29) is 22.3 Å². The predicted molar refractivity (Wildman–Crippen MR) is 135 cm³/mol. The average Bonchev–Trinajstić information content (AvgIpc) is 3.28. The van der Waals surface area contributed by atoms with Crippen LogP contribution in [0.1, 0.15) is 54.4 Å². The average molecular weight is 517 g/mol. The summed E-state index contributed by atoms with van der Waals surface area (Å²) in [6, 6.07) is 0. The van der Waals surface area contributed by atoms with Crippen molar-refractivity contribution >= 4 is 35.0 Å². The quantitative estimate of drug-likeness (QED) is 0.274. The number of carbonyl (C=O) groups is 3. The standard InChI is InChI=1S/C23H44N2O7Si2/c1-22(2,3)33(7,8)31-17-11-13-24(15-17)19(26)29-21(28)30-20(27)25-14-12-18(16-25)32-34(9,10)23(4,5)6/h17-18H,11-16H2,1-10H3. The lowest BCUT2D eigenvalue weighted by atomic mass is 10.2. The number of hydrogen-bond donors (Lipinski definition) is 0. The third-order valence-corrected chi connectivity index (χ3v) is 16.8. The zero-order valence-corrected chi connectivity index (χ0v) is 24.6. The van der Waals surface area contributed by atoms with Crippen molar-refractivity contribution in [1.29, 1.82) is 0 Å². The molecule has 0 aliphatic carbocycles. The van der Waals surface area contributed by atoms with Gasteiger partial charge in [-0.05, 0) is 49.1 Å². The summed E-state index contributed by atoms with van der Waals surface area (Å²) < 4.78 is 22.2. The SMILES string of the molecule is CC(C)(C)[Si](C)(C)OC1CCN(C(=O)OC(=O)OC(=O)N2CCC(O[Si](C)(C)C(C)(C)C)C2)C1. The van der Waals surface area contributed by atoms with Gasteiger partial charge in [0.2, 0.25) is 0 Å². The van der Waals surface area contributed by atoms with E-state index in [1.807, 2.05) is 0 Å². The number of amides is 2. The molecule has 0 saturated carbocycles. The number of hydrogen-bond acceptors (Lipinski definition) is 7. The van der Waals surface area contributed by atoms with Crippen molar-refractivity contribution in [3.05, 3.63) is 0 Å². The van der Waals surface area contributed by atoms with Crippen molar-refractivity contribution in [1.82, 2.24) is 9.80 Å². The maximum absolute atomic E-state index is 12.4. The molecule has 11 heteroatoms. The molecule has 2 saturated heterocycles. The van der Waals surface area contributed by atoms with Gasteiger partial charge in [-0.3, -0.25) is 0 Å². The Hall–Kier alpha value is -1.44. The molecule has 0 aromatic carbocycles. The van der Waals surface area contributed by atoms with Gasteiger partial charge in [-0.2, -0.15) is 0 Å². The highest BCUT2D eigenvalue weighted by Crippen LogP contribution is 2.39. The molecule has 2 aliphatic rings. The predicted octanol–water partition coefficient (Wildman–Crippen LogP) is 5.57. The van der Waals surface area contributed by atoms with Crippen LogP contribution in [0.3, 0.4) is 0 Å². The third kappa shape index (κ3) is 7.28. The number of nitrogens with zero attached hydrogens (tertiary/aromatic N) is 2. The topological polar surface area (TPSA) is 94.6 Å². The first-order valence-corrected chi connectivity index (χ1v) is 18.0. The monoisotopic (exact) mass is 516 g/mol. The number of rotatable bonds is 4. The second-order valence-corrected chi connectivity index (χ2v) is 22.0. The van der Waals surface area contributed by atoms with Crippen LogP contribution in [0.15, 0.2) is 0 Å². The molecule has 2 unspecified atom stereocenters. The molecular weight excluding hydrogens is 472 g/mol. The van der Waals surface area contributed by atoms with E-state index in [0.717, 1.165) is 0 Å². The largest absolute Gasteiger partial charge is 0.526 e. The minimum Gasteiger partial charge on any atom is -0.412 e. The lowest BCUT2D eigenvalue weighted by Gasteiger charge is -2.38. The lowest BCUT2D eigenvalue weighted by molar-refractivity contribution is 0.0653. The van der Waals surface area contributed by atoms with E-state index in [4.69, 9.17) is 18.3 Å². The second-order valence-electron chi connectivity index (χ2n) is 12.5. The molecule has 2 rings (SSSR count). The van der Waals surface area contributed by atoms with Crippen LogP contribution in [0.5, 0.6) is 0 Å². The van der Waals surface area contributed by atoms with Crippen LogP contribution < -0.4 is 0 Å². The minimum absolute atomic E-state index is 0.0649.